The van der Waals surface area contributed by atoms with Crippen LogP contribution in [-0.4, -0.2) is 31.1 Å². The summed E-state index contributed by atoms with van der Waals surface area (Å²) in [6.07, 6.45) is 7.63. The average molecular weight is 344 g/mol. The smallest absolute Gasteiger partial charge is 0.338 e. The summed E-state index contributed by atoms with van der Waals surface area (Å²) in [6, 6.07) is 6.30. The molecular formula is C19H24N2O4. The summed E-state index contributed by atoms with van der Waals surface area (Å²) >= 11 is 0. The van der Waals surface area contributed by atoms with E-state index in [4.69, 9.17) is 4.74 Å². The number of imide groups is 1. The Hall–Kier alpha value is -2.63. The first kappa shape index (κ1) is 18.7. The highest BCUT2D eigenvalue weighted by Gasteiger charge is 2.12. The number of carbonyl (C=O) groups excluding carboxylic acids is 3. The number of hydrogen-bond acceptors (Lipinski definition) is 4. The van der Waals surface area contributed by atoms with Gasteiger partial charge in [0, 0.05) is 6.54 Å². The summed E-state index contributed by atoms with van der Waals surface area (Å²) in [6.45, 7) is 1.84. The molecule has 1 aliphatic carbocycles. The molecule has 0 aliphatic heterocycles. The Labute approximate surface area is 147 Å². The molecule has 0 aromatic heterocycles. The van der Waals surface area contributed by atoms with Gasteiger partial charge in [0.1, 0.15) is 0 Å². The van der Waals surface area contributed by atoms with Crippen molar-refractivity contribution in [2.45, 2.75) is 39.0 Å². The molecule has 1 aromatic carbocycles. The minimum absolute atomic E-state index is 0.373. The van der Waals surface area contributed by atoms with Crippen LogP contribution in [0.2, 0.25) is 0 Å². The Bertz CT molecular complexity index is 667. The summed E-state index contributed by atoms with van der Waals surface area (Å²) in [4.78, 5) is 35.1. The second kappa shape index (κ2) is 9.61. The molecule has 0 radical (unpaired) electrons. The zero-order chi connectivity index (χ0) is 18.1. The van der Waals surface area contributed by atoms with E-state index in [0.29, 0.717) is 12.1 Å². The lowest BCUT2D eigenvalue weighted by molar-refractivity contribution is -0.123. The van der Waals surface area contributed by atoms with Crippen LogP contribution >= 0.6 is 0 Å². The largest absolute Gasteiger partial charge is 0.452 e. The number of nitrogens with one attached hydrogen (secondary N) is 2. The topological polar surface area (TPSA) is 84.5 Å². The highest BCUT2D eigenvalue weighted by atomic mass is 16.5. The molecule has 2 rings (SSSR count). The molecule has 134 valence electrons. The van der Waals surface area contributed by atoms with Crippen LogP contribution in [0.3, 0.4) is 0 Å². The number of aryl methyl sites for hydroxylation is 1. The quantitative estimate of drug-likeness (QED) is 0.614. The van der Waals surface area contributed by atoms with E-state index in [0.717, 1.165) is 24.8 Å². The summed E-state index contributed by atoms with van der Waals surface area (Å²) in [5, 5.41) is 4.79. The van der Waals surface area contributed by atoms with E-state index in [-0.39, 0.29) is 0 Å². The first-order valence-corrected chi connectivity index (χ1v) is 8.54. The van der Waals surface area contributed by atoms with Gasteiger partial charge in [0.25, 0.3) is 5.91 Å². The molecule has 0 unspecified atom stereocenters. The molecule has 0 atom stereocenters. The van der Waals surface area contributed by atoms with Crippen LogP contribution in [0.1, 0.15) is 48.0 Å². The highest BCUT2D eigenvalue weighted by molar-refractivity contribution is 5.97. The third kappa shape index (κ3) is 6.79. The zero-order valence-corrected chi connectivity index (χ0v) is 14.5. The highest BCUT2D eigenvalue weighted by Crippen LogP contribution is 2.19. The van der Waals surface area contributed by atoms with Crippen LogP contribution in [0.4, 0.5) is 4.79 Å². The minimum Gasteiger partial charge on any atom is -0.452 e. The van der Waals surface area contributed by atoms with Crippen LogP contribution in [0.25, 0.3) is 0 Å². The Balaban J connectivity index is 1.64. The van der Waals surface area contributed by atoms with Gasteiger partial charge in [-0.25, -0.2) is 9.59 Å². The van der Waals surface area contributed by atoms with Crippen molar-refractivity contribution in [3.8, 4) is 0 Å². The number of benzene rings is 1. The maximum absolute atomic E-state index is 11.8. The Morgan fingerprint density at radius 3 is 2.76 bits per heavy atom. The van der Waals surface area contributed by atoms with Gasteiger partial charge in [0.15, 0.2) is 6.61 Å². The van der Waals surface area contributed by atoms with Crippen molar-refractivity contribution >= 4 is 17.9 Å². The van der Waals surface area contributed by atoms with Crippen LogP contribution in [0.5, 0.6) is 0 Å². The summed E-state index contributed by atoms with van der Waals surface area (Å²) < 4.78 is 4.91. The second-order valence-corrected chi connectivity index (χ2v) is 6.11. The fraction of sp³-hybridized carbons (Fsp3) is 0.421. The molecular weight excluding hydrogens is 320 g/mol. The normalized spacial score (nSPS) is 13.6. The molecule has 2 N–H and O–H groups in total. The predicted octanol–water partition coefficient (Wildman–Crippen LogP) is 2.87. The molecule has 25 heavy (non-hydrogen) atoms. The van der Waals surface area contributed by atoms with Crippen molar-refractivity contribution in [2.75, 3.05) is 13.2 Å². The molecule has 3 amide bonds. The Morgan fingerprint density at radius 2 is 2.04 bits per heavy atom. The van der Waals surface area contributed by atoms with Gasteiger partial charge in [-0.2, -0.15) is 0 Å². The number of ether oxygens (including phenoxy) is 1. The van der Waals surface area contributed by atoms with E-state index in [9.17, 15) is 14.4 Å². The first-order valence-electron chi connectivity index (χ1n) is 8.54. The van der Waals surface area contributed by atoms with Crippen LogP contribution < -0.4 is 10.6 Å². The van der Waals surface area contributed by atoms with Crippen molar-refractivity contribution in [2.24, 2.45) is 0 Å². The number of esters is 1. The number of rotatable bonds is 6. The molecule has 0 saturated heterocycles. The fourth-order valence-electron chi connectivity index (χ4n) is 2.66. The van der Waals surface area contributed by atoms with E-state index in [2.05, 4.69) is 16.7 Å². The monoisotopic (exact) mass is 344 g/mol. The van der Waals surface area contributed by atoms with Crippen molar-refractivity contribution in [1.82, 2.24) is 10.6 Å². The first-order chi connectivity index (χ1) is 12.0. The van der Waals surface area contributed by atoms with Crippen molar-refractivity contribution in [1.29, 1.82) is 0 Å². The van der Waals surface area contributed by atoms with Crippen LogP contribution in [-0.2, 0) is 9.53 Å². The molecule has 1 aromatic rings. The lowest BCUT2D eigenvalue weighted by Gasteiger charge is -2.13. The lowest BCUT2D eigenvalue weighted by atomic mass is 9.97. The SMILES string of the molecule is Cc1cccc(C(=O)OCC(=O)NC(=O)NCCC2=CCCCC2)c1. The van der Waals surface area contributed by atoms with Gasteiger partial charge in [-0.05, 0) is 51.2 Å². The molecule has 6 nitrogen and oxygen atoms in total. The number of allylic oxidation sites excluding steroid dienone is 1. The molecule has 1 aliphatic rings. The Morgan fingerprint density at radius 1 is 1.20 bits per heavy atom. The molecule has 0 fully saturated rings. The van der Waals surface area contributed by atoms with Crippen molar-refractivity contribution < 1.29 is 19.1 Å². The maximum atomic E-state index is 11.8. The van der Waals surface area contributed by atoms with E-state index >= 15 is 0 Å². The van der Waals surface area contributed by atoms with Gasteiger partial charge >= 0.3 is 12.0 Å². The summed E-state index contributed by atoms with van der Waals surface area (Å²) in [5.41, 5.74) is 2.65. The molecule has 6 heteroatoms. The second-order valence-electron chi connectivity index (χ2n) is 6.11. The van der Waals surface area contributed by atoms with Crippen LogP contribution in [0.15, 0.2) is 35.9 Å². The third-order valence-electron chi connectivity index (χ3n) is 3.96. The van der Waals surface area contributed by atoms with Gasteiger partial charge in [-0.1, -0.05) is 29.3 Å². The van der Waals surface area contributed by atoms with E-state index in [1.54, 1.807) is 18.2 Å². The minimum atomic E-state index is -0.657. The fourth-order valence-corrected chi connectivity index (χ4v) is 2.66. The standard InChI is InChI=1S/C19H24N2O4/c1-14-6-5-9-16(12-14)18(23)25-13-17(22)21-19(24)20-11-10-15-7-3-2-4-8-15/h5-7,9,12H,2-4,8,10-11,13H2,1H3,(H2,20,21,22,24). The van der Waals surface area contributed by atoms with Crippen molar-refractivity contribution in [3.05, 3.63) is 47.0 Å². The zero-order valence-electron chi connectivity index (χ0n) is 14.5. The predicted molar refractivity (Wildman–Crippen MR) is 94.2 cm³/mol. The van der Waals surface area contributed by atoms with Gasteiger partial charge in [0.2, 0.25) is 0 Å². The maximum Gasteiger partial charge on any atom is 0.338 e. The van der Waals surface area contributed by atoms with E-state index in [1.165, 1.54) is 18.4 Å². The van der Waals surface area contributed by atoms with Gasteiger partial charge < -0.3 is 10.1 Å². The van der Waals surface area contributed by atoms with Gasteiger partial charge in [-0.3, -0.25) is 10.1 Å². The third-order valence-corrected chi connectivity index (χ3v) is 3.96. The van der Waals surface area contributed by atoms with Gasteiger partial charge in [0.05, 0.1) is 5.56 Å². The number of amides is 3. The summed E-state index contributed by atoms with van der Waals surface area (Å²) in [7, 11) is 0. The molecule has 0 spiro atoms. The summed E-state index contributed by atoms with van der Waals surface area (Å²) in [5.74, 6) is -1.25. The van der Waals surface area contributed by atoms with E-state index < -0.39 is 24.5 Å². The molecule has 0 saturated carbocycles. The van der Waals surface area contributed by atoms with E-state index in [1.807, 2.05) is 13.0 Å². The number of hydrogen-bond donors (Lipinski definition) is 2. The lowest BCUT2D eigenvalue weighted by Crippen LogP contribution is -2.41. The number of urea groups is 1. The van der Waals surface area contributed by atoms with Crippen LogP contribution in [0, 0.1) is 6.92 Å². The Kier molecular flexibility index (Phi) is 7.19. The molecule has 0 heterocycles. The van der Waals surface area contributed by atoms with Gasteiger partial charge in [-0.15, -0.1) is 0 Å². The molecule has 0 bridgehead atoms. The number of carbonyl (C=O) groups is 3. The average Bonchev–Trinajstić information content (AvgIpc) is 2.60. The van der Waals surface area contributed by atoms with Crippen molar-refractivity contribution in [3.63, 3.8) is 0 Å².